The van der Waals surface area contributed by atoms with Crippen molar-refractivity contribution in [1.29, 1.82) is 0 Å². The van der Waals surface area contributed by atoms with Crippen LogP contribution >= 0.6 is 0 Å². The van der Waals surface area contributed by atoms with E-state index in [2.05, 4.69) is 17.3 Å². The van der Waals surface area contributed by atoms with Gasteiger partial charge in [0.25, 0.3) is 0 Å². The maximum absolute atomic E-state index is 9.29. The molecular weight excluding hydrogens is 318 g/mol. The van der Waals surface area contributed by atoms with E-state index >= 15 is 0 Å². The third kappa shape index (κ3) is 4.14. The van der Waals surface area contributed by atoms with Gasteiger partial charge >= 0.3 is 0 Å². The van der Waals surface area contributed by atoms with E-state index in [1.165, 1.54) is 0 Å². The molecule has 2 unspecified atom stereocenters. The molecule has 1 aliphatic rings. The van der Waals surface area contributed by atoms with E-state index in [1.54, 1.807) is 0 Å². The molecule has 136 valence electrons. The van der Waals surface area contributed by atoms with E-state index in [1.807, 2.05) is 43.0 Å². The first-order valence-electron chi connectivity index (χ1n) is 8.85. The largest absolute Gasteiger partial charge is 0.490 e. The SMILES string of the molecule is CC(CO)C(C)NCc1cn(C)nc1-c1ccc2c(c1)OCCCO2. The van der Waals surface area contributed by atoms with Crippen LogP contribution in [0.25, 0.3) is 11.3 Å². The van der Waals surface area contributed by atoms with Crippen molar-refractivity contribution in [1.82, 2.24) is 15.1 Å². The molecule has 2 heterocycles. The second kappa shape index (κ2) is 7.89. The molecule has 1 aromatic heterocycles. The van der Waals surface area contributed by atoms with Gasteiger partial charge < -0.3 is 19.9 Å². The lowest BCUT2D eigenvalue weighted by atomic mass is 10.0. The highest BCUT2D eigenvalue weighted by molar-refractivity contribution is 5.66. The molecule has 0 saturated heterocycles. The van der Waals surface area contributed by atoms with Crippen LogP contribution < -0.4 is 14.8 Å². The molecule has 0 radical (unpaired) electrons. The lowest BCUT2D eigenvalue weighted by Crippen LogP contribution is -2.33. The Morgan fingerprint density at radius 2 is 2.00 bits per heavy atom. The van der Waals surface area contributed by atoms with Crippen molar-refractivity contribution < 1.29 is 14.6 Å². The molecule has 1 aliphatic heterocycles. The number of aliphatic hydroxyl groups is 1. The van der Waals surface area contributed by atoms with Crippen LogP contribution in [-0.4, -0.2) is 40.7 Å². The molecule has 6 nitrogen and oxygen atoms in total. The molecule has 0 amide bonds. The summed E-state index contributed by atoms with van der Waals surface area (Å²) in [5, 5.41) is 17.4. The number of nitrogens with zero attached hydrogens (tertiary/aromatic N) is 2. The number of aromatic nitrogens is 2. The molecule has 0 bridgehead atoms. The molecule has 0 spiro atoms. The predicted octanol–water partition coefficient (Wildman–Crippen LogP) is 2.35. The van der Waals surface area contributed by atoms with Gasteiger partial charge in [-0.25, -0.2) is 0 Å². The molecule has 0 saturated carbocycles. The average Bonchev–Trinajstić information content (AvgIpc) is 2.84. The van der Waals surface area contributed by atoms with Crippen molar-refractivity contribution >= 4 is 0 Å². The van der Waals surface area contributed by atoms with Crippen LogP contribution in [-0.2, 0) is 13.6 Å². The van der Waals surface area contributed by atoms with E-state index in [0.29, 0.717) is 19.8 Å². The van der Waals surface area contributed by atoms with Crippen LogP contribution in [0.15, 0.2) is 24.4 Å². The topological polar surface area (TPSA) is 68.5 Å². The maximum atomic E-state index is 9.29. The molecule has 6 heteroatoms. The van der Waals surface area contributed by atoms with Crippen LogP contribution in [0.1, 0.15) is 25.8 Å². The highest BCUT2D eigenvalue weighted by Crippen LogP contribution is 2.34. The number of hydrogen-bond acceptors (Lipinski definition) is 5. The number of aryl methyl sites for hydroxylation is 1. The summed E-state index contributed by atoms with van der Waals surface area (Å²) < 4.78 is 13.3. The van der Waals surface area contributed by atoms with E-state index in [4.69, 9.17) is 9.47 Å². The van der Waals surface area contributed by atoms with E-state index in [-0.39, 0.29) is 18.6 Å². The number of ether oxygens (including phenoxy) is 2. The van der Waals surface area contributed by atoms with Crippen molar-refractivity contribution in [2.75, 3.05) is 19.8 Å². The number of hydrogen-bond donors (Lipinski definition) is 2. The summed E-state index contributed by atoms with van der Waals surface area (Å²) in [4.78, 5) is 0. The van der Waals surface area contributed by atoms with Crippen LogP contribution in [0.5, 0.6) is 11.5 Å². The molecule has 0 fully saturated rings. The quantitative estimate of drug-likeness (QED) is 0.841. The Bertz CT molecular complexity index is 714. The first-order chi connectivity index (χ1) is 12.1. The smallest absolute Gasteiger partial charge is 0.161 e. The third-order valence-electron chi connectivity index (χ3n) is 4.68. The molecule has 2 atom stereocenters. The summed E-state index contributed by atoms with van der Waals surface area (Å²) in [6.45, 7) is 6.35. The van der Waals surface area contributed by atoms with Gasteiger partial charge in [0.05, 0.1) is 18.9 Å². The maximum Gasteiger partial charge on any atom is 0.161 e. The fourth-order valence-corrected chi connectivity index (χ4v) is 2.85. The monoisotopic (exact) mass is 345 g/mol. The minimum atomic E-state index is 0.177. The number of fused-ring (bicyclic) bond motifs is 1. The van der Waals surface area contributed by atoms with Crippen LogP contribution in [0.2, 0.25) is 0 Å². The van der Waals surface area contributed by atoms with Crippen LogP contribution in [0.4, 0.5) is 0 Å². The average molecular weight is 345 g/mol. The Morgan fingerprint density at radius 3 is 2.76 bits per heavy atom. The zero-order valence-corrected chi connectivity index (χ0v) is 15.2. The van der Waals surface area contributed by atoms with Gasteiger partial charge in [0, 0.05) is 50.0 Å². The van der Waals surface area contributed by atoms with Crippen LogP contribution in [0.3, 0.4) is 0 Å². The second-order valence-electron chi connectivity index (χ2n) is 6.72. The number of nitrogens with one attached hydrogen (secondary N) is 1. The molecular formula is C19H27N3O3. The van der Waals surface area contributed by atoms with Crippen molar-refractivity contribution in [3.05, 3.63) is 30.0 Å². The third-order valence-corrected chi connectivity index (χ3v) is 4.68. The summed E-state index contributed by atoms with van der Waals surface area (Å²) in [7, 11) is 1.93. The molecule has 2 N–H and O–H groups in total. The summed E-state index contributed by atoms with van der Waals surface area (Å²) in [6, 6.07) is 6.21. The Morgan fingerprint density at radius 1 is 1.24 bits per heavy atom. The van der Waals surface area contributed by atoms with Crippen molar-refractivity contribution in [3.8, 4) is 22.8 Å². The first-order valence-corrected chi connectivity index (χ1v) is 8.85. The lowest BCUT2D eigenvalue weighted by Gasteiger charge is -2.19. The second-order valence-corrected chi connectivity index (χ2v) is 6.72. The zero-order chi connectivity index (χ0) is 17.8. The highest BCUT2D eigenvalue weighted by atomic mass is 16.5. The van der Waals surface area contributed by atoms with Crippen molar-refractivity contribution in [2.24, 2.45) is 13.0 Å². The number of aliphatic hydroxyl groups excluding tert-OH is 1. The minimum Gasteiger partial charge on any atom is -0.490 e. The van der Waals surface area contributed by atoms with Gasteiger partial charge in [-0.15, -0.1) is 0 Å². The summed E-state index contributed by atoms with van der Waals surface area (Å²) in [6.07, 6.45) is 2.92. The van der Waals surface area contributed by atoms with Gasteiger partial charge in [0.2, 0.25) is 0 Å². The number of benzene rings is 1. The summed E-state index contributed by atoms with van der Waals surface area (Å²) in [5.74, 6) is 1.78. The lowest BCUT2D eigenvalue weighted by molar-refractivity contribution is 0.207. The normalized spacial score (nSPS) is 16.3. The van der Waals surface area contributed by atoms with Gasteiger partial charge in [-0.1, -0.05) is 6.92 Å². The van der Waals surface area contributed by atoms with E-state index in [9.17, 15) is 5.11 Å². The van der Waals surface area contributed by atoms with Crippen molar-refractivity contribution in [2.45, 2.75) is 32.9 Å². The van der Waals surface area contributed by atoms with E-state index < -0.39 is 0 Å². The standard InChI is InChI=1S/C19H27N3O3/c1-13(12-23)14(2)20-10-16-11-22(3)21-19(16)15-5-6-17-18(9-15)25-8-4-7-24-17/h5-6,9,11,13-14,20,23H,4,7-8,10,12H2,1-3H3. The fourth-order valence-electron chi connectivity index (χ4n) is 2.85. The Hall–Kier alpha value is -2.05. The van der Waals surface area contributed by atoms with Gasteiger partial charge in [-0.2, -0.15) is 5.10 Å². The highest BCUT2D eigenvalue weighted by Gasteiger charge is 2.17. The van der Waals surface area contributed by atoms with Gasteiger partial charge in [0.1, 0.15) is 0 Å². The zero-order valence-electron chi connectivity index (χ0n) is 15.2. The first kappa shape index (κ1) is 17.8. The van der Waals surface area contributed by atoms with Crippen LogP contribution in [0, 0.1) is 5.92 Å². The van der Waals surface area contributed by atoms with Crippen molar-refractivity contribution in [3.63, 3.8) is 0 Å². The molecule has 0 aliphatic carbocycles. The molecule has 25 heavy (non-hydrogen) atoms. The predicted molar refractivity (Wildman–Crippen MR) is 96.8 cm³/mol. The molecule has 2 aromatic rings. The summed E-state index contributed by atoms with van der Waals surface area (Å²) in [5.41, 5.74) is 3.08. The van der Waals surface area contributed by atoms with Gasteiger partial charge in [-0.3, -0.25) is 4.68 Å². The Kier molecular flexibility index (Phi) is 5.60. The van der Waals surface area contributed by atoms with Gasteiger partial charge in [0.15, 0.2) is 11.5 Å². The minimum absolute atomic E-state index is 0.177. The Balaban J connectivity index is 1.82. The summed E-state index contributed by atoms with van der Waals surface area (Å²) >= 11 is 0. The molecule has 3 rings (SSSR count). The Labute approximate surface area is 148 Å². The van der Waals surface area contributed by atoms with E-state index in [0.717, 1.165) is 34.7 Å². The fraction of sp³-hybridized carbons (Fsp3) is 0.526. The van der Waals surface area contributed by atoms with Gasteiger partial charge in [-0.05, 0) is 31.0 Å². The molecule has 1 aromatic carbocycles. The number of rotatable bonds is 6.